The molecular formula is C23H34F4N4O3S. The molecule has 3 aliphatic heterocycles. The van der Waals surface area contributed by atoms with Crippen LogP contribution >= 0.6 is 0 Å². The van der Waals surface area contributed by atoms with E-state index in [4.69, 9.17) is 4.74 Å². The minimum absolute atomic E-state index is 0.0177. The van der Waals surface area contributed by atoms with Gasteiger partial charge in [-0.3, -0.25) is 20.9 Å². The van der Waals surface area contributed by atoms with E-state index in [0.717, 1.165) is 30.5 Å². The van der Waals surface area contributed by atoms with Gasteiger partial charge in [-0.2, -0.15) is 13.2 Å². The first kappa shape index (κ1) is 26.7. The molecular weight excluding hydrogens is 488 g/mol. The van der Waals surface area contributed by atoms with Crippen LogP contribution < -0.4 is 16.0 Å². The first-order chi connectivity index (χ1) is 16.5. The van der Waals surface area contributed by atoms with Crippen LogP contribution in [0.15, 0.2) is 24.3 Å². The van der Waals surface area contributed by atoms with Crippen molar-refractivity contribution in [2.45, 2.75) is 56.4 Å². The molecule has 35 heavy (non-hydrogen) atoms. The summed E-state index contributed by atoms with van der Waals surface area (Å²) in [5, 5.41) is 9.50. The first-order valence-electron chi connectivity index (χ1n) is 12.0. The molecule has 3 aliphatic rings. The number of rotatable bonds is 7. The number of alkyl halides is 4. The fourth-order valence-electron chi connectivity index (χ4n) is 5.60. The third-order valence-corrected chi connectivity index (χ3v) is 8.48. The van der Waals surface area contributed by atoms with Gasteiger partial charge < -0.3 is 4.74 Å². The van der Waals surface area contributed by atoms with E-state index in [9.17, 15) is 21.6 Å². The van der Waals surface area contributed by atoms with E-state index in [0.29, 0.717) is 45.8 Å². The largest absolute Gasteiger partial charge is 0.416 e. The molecule has 198 valence electrons. The van der Waals surface area contributed by atoms with Crippen LogP contribution in [-0.2, 0) is 20.8 Å². The second-order valence-electron chi connectivity index (χ2n) is 10.0. The summed E-state index contributed by atoms with van der Waals surface area (Å²) >= 11 is 0. The average Bonchev–Trinajstić information content (AvgIpc) is 3.27. The Labute approximate surface area is 203 Å². The maximum absolute atomic E-state index is 15.8. The average molecular weight is 523 g/mol. The number of hydrogen-bond donors (Lipinski definition) is 3. The van der Waals surface area contributed by atoms with Crippen molar-refractivity contribution in [1.82, 2.24) is 20.9 Å². The van der Waals surface area contributed by atoms with E-state index in [-0.39, 0.29) is 11.8 Å². The van der Waals surface area contributed by atoms with Crippen LogP contribution in [-0.4, -0.2) is 76.8 Å². The van der Waals surface area contributed by atoms with E-state index in [1.165, 1.54) is 18.4 Å². The molecule has 4 atom stereocenters. The lowest BCUT2D eigenvalue weighted by Gasteiger charge is -2.44. The standard InChI is InChI=1S/C23H34F4N4O3S/c1-35(32,33)14-22(8-11-34-12-9-22)13-28-20-19(24)21(30-15-29-20)31-10-2-3-18(31)16-4-6-17(7-5-16)23(25,26)27/h4-7,18-21,28-30H,2-3,8-15H2,1H3/t18-,19?,20?,21?/m1/s1. The normalized spacial score (nSPS) is 30.4. The van der Waals surface area contributed by atoms with Crippen molar-refractivity contribution in [3.63, 3.8) is 0 Å². The Morgan fingerprint density at radius 3 is 2.49 bits per heavy atom. The van der Waals surface area contributed by atoms with Gasteiger partial charge in [-0.25, -0.2) is 12.8 Å². The second-order valence-corrected chi connectivity index (χ2v) is 12.2. The minimum atomic E-state index is -4.40. The Balaban J connectivity index is 1.43. The lowest BCUT2D eigenvalue weighted by Crippen LogP contribution is -2.69. The zero-order chi connectivity index (χ0) is 25.3. The number of likely N-dealkylation sites (tertiary alicyclic amines) is 1. The molecule has 3 saturated heterocycles. The number of hydrogen-bond acceptors (Lipinski definition) is 7. The Morgan fingerprint density at radius 1 is 1.17 bits per heavy atom. The number of nitrogens with zero attached hydrogens (tertiary/aromatic N) is 1. The molecule has 0 saturated carbocycles. The SMILES string of the molecule is CS(=O)(=O)CC1(CNC2NCNC(N3CCC[C@@H]3c3ccc(C(F)(F)F)cc3)C2F)CCOCC1. The molecule has 1 aromatic rings. The molecule has 0 aromatic heterocycles. The van der Waals surface area contributed by atoms with Crippen molar-refractivity contribution < 1.29 is 30.7 Å². The number of benzene rings is 1. The molecule has 1 aromatic carbocycles. The van der Waals surface area contributed by atoms with E-state index < -0.39 is 45.5 Å². The van der Waals surface area contributed by atoms with Crippen molar-refractivity contribution in [2.24, 2.45) is 5.41 Å². The van der Waals surface area contributed by atoms with Crippen molar-refractivity contribution in [3.8, 4) is 0 Å². The van der Waals surface area contributed by atoms with Crippen molar-refractivity contribution in [3.05, 3.63) is 35.4 Å². The van der Waals surface area contributed by atoms with Crippen LogP contribution in [0.2, 0.25) is 0 Å². The van der Waals surface area contributed by atoms with E-state index in [1.54, 1.807) is 0 Å². The third-order valence-electron chi connectivity index (χ3n) is 7.35. The zero-order valence-corrected chi connectivity index (χ0v) is 20.6. The van der Waals surface area contributed by atoms with Crippen molar-refractivity contribution in [1.29, 1.82) is 0 Å². The monoisotopic (exact) mass is 522 g/mol. The number of halogens is 4. The number of ether oxygens (including phenoxy) is 1. The topological polar surface area (TPSA) is 82.7 Å². The molecule has 3 N–H and O–H groups in total. The minimum Gasteiger partial charge on any atom is -0.381 e. The van der Waals surface area contributed by atoms with Gasteiger partial charge in [0, 0.05) is 50.7 Å². The van der Waals surface area contributed by atoms with Crippen LogP contribution in [0, 0.1) is 5.41 Å². The summed E-state index contributed by atoms with van der Waals surface area (Å²) in [5.74, 6) is 0.0177. The number of sulfone groups is 1. The Kier molecular flexibility index (Phi) is 8.09. The molecule has 0 bridgehead atoms. The molecule has 0 spiro atoms. The highest BCUT2D eigenvalue weighted by molar-refractivity contribution is 7.90. The third kappa shape index (κ3) is 6.53. The van der Waals surface area contributed by atoms with Gasteiger partial charge in [-0.15, -0.1) is 0 Å². The zero-order valence-electron chi connectivity index (χ0n) is 19.8. The summed E-state index contributed by atoms with van der Waals surface area (Å²) in [5.41, 5.74) is -0.472. The van der Waals surface area contributed by atoms with Gasteiger partial charge in [-0.05, 0) is 43.4 Å². The Bertz CT molecular complexity index is 955. The summed E-state index contributed by atoms with van der Waals surface area (Å²) in [6.07, 6.45) is -3.12. The molecule has 4 rings (SSSR count). The van der Waals surface area contributed by atoms with Gasteiger partial charge >= 0.3 is 6.18 Å². The van der Waals surface area contributed by atoms with Gasteiger partial charge in [0.1, 0.15) is 9.84 Å². The fourth-order valence-corrected chi connectivity index (χ4v) is 7.10. The number of nitrogens with one attached hydrogen (secondary N) is 3. The summed E-state index contributed by atoms with van der Waals surface area (Å²) in [4.78, 5) is 1.99. The predicted molar refractivity (Wildman–Crippen MR) is 124 cm³/mol. The van der Waals surface area contributed by atoms with Crippen molar-refractivity contribution in [2.75, 3.05) is 45.0 Å². The molecule has 0 radical (unpaired) electrons. The molecule has 3 unspecified atom stereocenters. The highest BCUT2D eigenvalue weighted by Crippen LogP contribution is 2.37. The Hall–Kier alpha value is -1.31. The molecule has 0 amide bonds. The highest BCUT2D eigenvalue weighted by Gasteiger charge is 2.43. The predicted octanol–water partition coefficient (Wildman–Crippen LogP) is 2.41. The van der Waals surface area contributed by atoms with Gasteiger partial charge in [0.15, 0.2) is 6.17 Å². The molecule has 0 aliphatic carbocycles. The van der Waals surface area contributed by atoms with Gasteiger partial charge in [-0.1, -0.05) is 12.1 Å². The Morgan fingerprint density at radius 2 is 1.86 bits per heavy atom. The maximum atomic E-state index is 15.8. The van der Waals surface area contributed by atoms with Crippen LogP contribution in [0.25, 0.3) is 0 Å². The van der Waals surface area contributed by atoms with Crippen LogP contribution in [0.3, 0.4) is 0 Å². The van der Waals surface area contributed by atoms with E-state index >= 15 is 4.39 Å². The van der Waals surface area contributed by atoms with Gasteiger partial charge in [0.2, 0.25) is 0 Å². The van der Waals surface area contributed by atoms with E-state index in [2.05, 4.69) is 16.0 Å². The summed E-state index contributed by atoms with van der Waals surface area (Å²) in [6, 6.07) is 4.94. The lowest BCUT2D eigenvalue weighted by atomic mass is 9.82. The molecule has 3 fully saturated rings. The molecule has 7 nitrogen and oxygen atoms in total. The van der Waals surface area contributed by atoms with Crippen LogP contribution in [0.1, 0.15) is 42.9 Å². The summed E-state index contributed by atoms with van der Waals surface area (Å²) in [6.45, 7) is 2.27. The van der Waals surface area contributed by atoms with Crippen LogP contribution in [0.5, 0.6) is 0 Å². The lowest BCUT2D eigenvalue weighted by molar-refractivity contribution is -0.137. The van der Waals surface area contributed by atoms with Crippen molar-refractivity contribution >= 4 is 9.84 Å². The van der Waals surface area contributed by atoms with Crippen LogP contribution in [0.4, 0.5) is 17.6 Å². The highest BCUT2D eigenvalue weighted by atomic mass is 32.2. The van der Waals surface area contributed by atoms with E-state index in [1.807, 2.05) is 4.90 Å². The second kappa shape index (κ2) is 10.6. The first-order valence-corrected chi connectivity index (χ1v) is 14.1. The fraction of sp³-hybridized carbons (Fsp3) is 0.739. The quantitative estimate of drug-likeness (QED) is 0.475. The van der Waals surface area contributed by atoms with Gasteiger partial charge in [0.05, 0.1) is 23.6 Å². The summed E-state index contributed by atoms with van der Waals surface area (Å²) in [7, 11) is -3.22. The summed E-state index contributed by atoms with van der Waals surface area (Å²) < 4.78 is 84.2. The smallest absolute Gasteiger partial charge is 0.381 e. The van der Waals surface area contributed by atoms with Gasteiger partial charge in [0.25, 0.3) is 0 Å². The maximum Gasteiger partial charge on any atom is 0.416 e. The molecule has 12 heteroatoms. The molecule has 3 heterocycles.